The van der Waals surface area contributed by atoms with E-state index in [1.165, 1.54) is 7.11 Å². The topological polar surface area (TPSA) is 96.7 Å². The highest BCUT2D eigenvalue weighted by Crippen LogP contribution is 2.29. The number of urea groups is 1. The number of carbonyl (C=O) groups is 2. The molecule has 2 aromatic carbocycles. The number of rotatable bonds is 12. The van der Waals surface area contributed by atoms with Crippen molar-refractivity contribution in [3.63, 3.8) is 0 Å². The lowest BCUT2D eigenvalue weighted by Crippen LogP contribution is -2.48. The molecule has 1 aliphatic heterocycles. The third-order valence-corrected chi connectivity index (χ3v) is 6.55. The zero-order valence-corrected chi connectivity index (χ0v) is 22.5. The quantitative estimate of drug-likeness (QED) is 0.377. The third kappa shape index (κ3) is 8.23. The van der Waals surface area contributed by atoms with E-state index in [2.05, 4.69) is 10.2 Å². The molecule has 10 heteroatoms. The van der Waals surface area contributed by atoms with Gasteiger partial charge in [-0.05, 0) is 29.8 Å². The number of ether oxygens (including phenoxy) is 3. The van der Waals surface area contributed by atoms with Crippen LogP contribution in [0.3, 0.4) is 0 Å². The number of morpholine rings is 1. The molecule has 0 atom stereocenters. The van der Waals surface area contributed by atoms with Crippen LogP contribution in [0.4, 0.5) is 10.5 Å². The third-order valence-electron chi connectivity index (χ3n) is 6.55. The van der Waals surface area contributed by atoms with Gasteiger partial charge in [0.15, 0.2) is 0 Å². The van der Waals surface area contributed by atoms with E-state index in [1.54, 1.807) is 47.4 Å². The lowest BCUT2D eigenvalue weighted by molar-refractivity contribution is -0.133. The minimum atomic E-state index is -0.391. The molecule has 10 nitrogen and oxygen atoms in total. The van der Waals surface area contributed by atoms with Gasteiger partial charge in [0, 0.05) is 38.8 Å². The molecule has 0 bridgehead atoms. The molecule has 0 spiro atoms. The van der Waals surface area contributed by atoms with Gasteiger partial charge in [-0.2, -0.15) is 0 Å². The number of nitrogens with one attached hydrogen (secondary N) is 1. The van der Waals surface area contributed by atoms with E-state index in [9.17, 15) is 9.59 Å². The second-order valence-electron chi connectivity index (χ2n) is 9.19. The molecule has 2 heterocycles. The molecule has 39 heavy (non-hydrogen) atoms. The van der Waals surface area contributed by atoms with E-state index in [0.717, 1.165) is 18.7 Å². The molecule has 0 saturated carbocycles. The first-order chi connectivity index (χ1) is 19.1. The van der Waals surface area contributed by atoms with Gasteiger partial charge in [-0.3, -0.25) is 9.69 Å². The van der Waals surface area contributed by atoms with Crippen LogP contribution in [-0.4, -0.2) is 86.8 Å². The highest BCUT2D eigenvalue weighted by molar-refractivity contribution is 5.93. The van der Waals surface area contributed by atoms with Gasteiger partial charge in [-0.25, -0.2) is 4.79 Å². The molecule has 4 rings (SSSR count). The number of hydrogen-bond donors (Lipinski definition) is 1. The number of nitrogens with zero attached hydrogens (tertiary/aromatic N) is 3. The predicted octanol–water partition coefficient (Wildman–Crippen LogP) is 3.69. The Morgan fingerprint density at radius 2 is 1.74 bits per heavy atom. The second kappa shape index (κ2) is 14.2. The maximum absolute atomic E-state index is 13.7. The summed E-state index contributed by atoms with van der Waals surface area (Å²) in [5.74, 6) is 1.56. The Balaban J connectivity index is 1.51. The Kier molecular flexibility index (Phi) is 10.2. The van der Waals surface area contributed by atoms with E-state index >= 15 is 0 Å². The smallest absolute Gasteiger partial charge is 0.322 e. The van der Waals surface area contributed by atoms with Gasteiger partial charge >= 0.3 is 6.03 Å². The maximum atomic E-state index is 13.7. The SMILES string of the molecule is COc1ccc(NC(=O)N(CCN2CCOCC2)CC(=O)N(Cc2ccccc2)Cc2ccco2)c(OC)c1. The first-order valence-corrected chi connectivity index (χ1v) is 13.0. The van der Waals surface area contributed by atoms with E-state index in [4.69, 9.17) is 18.6 Å². The zero-order chi connectivity index (χ0) is 27.5. The fraction of sp³-hybridized carbons (Fsp3) is 0.379. The van der Waals surface area contributed by atoms with Gasteiger partial charge in [0.1, 0.15) is 23.8 Å². The molecule has 1 aromatic heterocycles. The Labute approximate surface area is 229 Å². The summed E-state index contributed by atoms with van der Waals surface area (Å²) in [6.45, 7) is 4.48. The maximum Gasteiger partial charge on any atom is 0.322 e. The molecule has 1 N–H and O–H groups in total. The molecule has 0 unspecified atom stereocenters. The first-order valence-electron chi connectivity index (χ1n) is 13.0. The number of hydrogen-bond acceptors (Lipinski definition) is 7. The fourth-order valence-electron chi connectivity index (χ4n) is 4.33. The average Bonchev–Trinajstić information content (AvgIpc) is 3.49. The minimum Gasteiger partial charge on any atom is -0.497 e. The van der Waals surface area contributed by atoms with Crippen LogP contribution in [0, 0.1) is 0 Å². The van der Waals surface area contributed by atoms with Crippen LogP contribution in [0.25, 0.3) is 0 Å². The Morgan fingerprint density at radius 3 is 2.44 bits per heavy atom. The van der Waals surface area contributed by atoms with Gasteiger partial charge in [-0.1, -0.05) is 30.3 Å². The largest absolute Gasteiger partial charge is 0.497 e. The summed E-state index contributed by atoms with van der Waals surface area (Å²) in [6, 6.07) is 18.2. The van der Waals surface area contributed by atoms with Crippen molar-refractivity contribution in [2.75, 3.05) is 65.5 Å². The van der Waals surface area contributed by atoms with E-state index in [1.807, 2.05) is 36.4 Å². The van der Waals surface area contributed by atoms with Gasteiger partial charge in [-0.15, -0.1) is 0 Å². The molecule has 0 radical (unpaired) electrons. The molecular weight excluding hydrogens is 500 g/mol. The van der Waals surface area contributed by atoms with Crippen molar-refractivity contribution in [2.45, 2.75) is 13.1 Å². The van der Waals surface area contributed by atoms with Crippen molar-refractivity contribution in [2.24, 2.45) is 0 Å². The van der Waals surface area contributed by atoms with Gasteiger partial charge in [0.05, 0.1) is 45.9 Å². The summed E-state index contributed by atoms with van der Waals surface area (Å²) in [5.41, 5.74) is 1.48. The van der Waals surface area contributed by atoms with Crippen molar-refractivity contribution in [3.8, 4) is 11.5 Å². The summed E-state index contributed by atoms with van der Waals surface area (Å²) in [4.78, 5) is 32.7. The van der Waals surface area contributed by atoms with E-state index < -0.39 is 6.03 Å². The summed E-state index contributed by atoms with van der Waals surface area (Å²) in [6.07, 6.45) is 1.59. The number of carbonyl (C=O) groups excluding carboxylic acids is 2. The summed E-state index contributed by atoms with van der Waals surface area (Å²) in [7, 11) is 3.09. The van der Waals surface area contributed by atoms with Gasteiger partial charge < -0.3 is 33.7 Å². The molecule has 0 aliphatic carbocycles. The standard InChI is InChI=1S/C29H36N4O6/c1-36-24-10-11-26(27(19-24)37-2)30-29(35)32(13-12-31-14-17-38-18-15-31)22-28(34)33(21-25-9-6-16-39-25)20-23-7-4-3-5-8-23/h3-11,16,19H,12-15,17-18,20-22H2,1-2H3,(H,30,35). The van der Waals surface area contributed by atoms with Gasteiger partial charge in [0.25, 0.3) is 0 Å². The summed E-state index contributed by atoms with van der Waals surface area (Å²) >= 11 is 0. The molecule has 1 saturated heterocycles. The Hall–Kier alpha value is -4.02. The van der Waals surface area contributed by atoms with Crippen LogP contribution >= 0.6 is 0 Å². The van der Waals surface area contributed by atoms with Gasteiger partial charge in [0.2, 0.25) is 5.91 Å². The van der Waals surface area contributed by atoms with Crippen molar-refractivity contribution in [1.29, 1.82) is 0 Å². The van der Waals surface area contributed by atoms with E-state index in [0.29, 0.717) is 62.3 Å². The highest BCUT2D eigenvalue weighted by atomic mass is 16.5. The molecule has 3 aromatic rings. The fourth-order valence-corrected chi connectivity index (χ4v) is 4.33. The Bertz CT molecular complexity index is 1180. The summed E-state index contributed by atoms with van der Waals surface area (Å²) in [5, 5.41) is 2.91. The molecule has 3 amide bonds. The normalized spacial score (nSPS) is 13.5. The molecular formula is C29H36N4O6. The van der Waals surface area contributed by atoms with Crippen LogP contribution in [-0.2, 0) is 22.6 Å². The monoisotopic (exact) mass is 536 g/mol. The number of amides is 3. The van der Waals surface area contributed by atoms with Crippen molar-refractivity contribution in [3.05, 3.63) is 78.3 Å². The van der Waals surface area contributed by atoms with Crippen molar-refractivity contribution < 1.29 is 28.2 Å². The minimum absolute atomic E-state index is 0.0951. The predicted molar refractivity (Wildman–Crippen MR) is 147 cm³/mol. The van der Waals surface area contributed by atoms with Crippen LogP contribution in [0.2, 0.25) is 0 Å². The van der Waals surface area contributed by atoms with Crippen molar-refractivity contribution >= 4 is 17.6 Å². The second-order valence-corrected chi connectivity index (χ2v) is 9.19. The van der Waals surface area contributed by atoms with Crippen LogP contribution < -0.4 is 14.8 Å². The number of methoxy groups -OCH3 is 2. The lowest BCUT2D eigenvalue weighted by Gasteiger charge is -2.31. The number of anilines is 1. The Morgan fingerprint density at radius 1 is 0.949 bits per heavy atom. The summed E-state index contributed by atoms with van der Waals surface area (Å²) < 4.78 is 21.7. The zero-order valence-electron chi connectivity index (χ0n) is 22.5. The molecule has 208 valence electrons. The average molecular weight is 537 g/mol. The van der Waals surface area contributed by atoms with Crippen molar-refractivity contribution in [1.82, 2.24) is 14.7 Å². The number of benzene rings is 2. The first kappa shape index (κ1) is 28.0. The van der Waals surface area contributed by atoms with E-state index in [-0.39, 0.29) is 12.5 Å². The highest BCUT2D eigenvalue weighted by Gasteiger charge is 2.24. The van der Waals surface area contributed by atoms with Crippen LogP contribution in [0.1, 0.15) is 11.3 Å². The molecule has 1 fully saturated rings. The lowest BCUT2D eigenvalue weighted by atomic mass is 10.2. The van der Waals surface area contributed by atoms with Crippen LogP contribution in [0.15, 0.2) is 71.3 Å². The number of furan rings is 1. The van der Waals surface area contributed by atoms with Crippen LogP contribution in [0.5, 0.6) is 11.5 Å². The molecule has 1 aliphatic rings.